The number of nitrogens with one attached hydrogen (secondary N) is 2. The summed E-state index contributed by atoms with van der Waals surface area (Å²) in [6, 6.07) is 17.6. The van der Waals surface area contributed by atoms with Crippen LogP contribution in [0, 0.1) is 27.7 Å². The lowest BCUT2D eigenvalue weighted by molar-refractivity contribution is 0.0940. The van der Waals surface area contributed by atoms with Crippen molar-refractivity contribution in [1.82, 2.24) is 5.32 Å². The smallest absolute Gasteiger partial charge is 0.261 e. The van der Waals surface area contributed by atoms with Gasteiger partial charge in [-0.2, -0.15) is 0 Å². The predicted molar refractivity (Wildman–Crippen MR) is 125 cm³/mol. The molecule has 31 heavy (non-hydrogen) atoms. The topological polar surface area (TPSA) is 75.3 Å². The second kappa shape index (κ2) is 8.94. The number of benzene rings is 3. The SMILES string of the molecule is Cc1ccc(S(=O)(=O)Nc2cc(C(=O)NC(C)c3cc(C)ccc3C)ccc2C)cc1. The van der Waals surface area contributed by atoms with E-state index in [1.165, 1.54) is 0 Å². The van der Waals surface area contributed by atoms with Gasteiger partial charge >= 0.3 is 0 Å². The van der Waals surface area contributed by atoms with Gasteiger partial charge in [0.2, 0.25) is 0 Å². The van der Waals surface area contributed by atoms with Gasteiger partial charge in [0, 0.05) is 5.56 Å². The highest BCUT2D eigenvalue weighted by Gasteiger charge is 2.18. The summed E-state index contributed by atoms with van der Waals surface area (Å²) >= 11 is 0. The minimum atomic E-state index is -3.75. The lowest BCUT2D eigenvalue weighted by atomic mass is 9.99. The van der Waals surface area contributed by atoms with Gasteiger partial charge in [0.1, 0.15) is 0 Å². The number of amides is 1. The number of carbonyl (C=O) groups excluding carboxylic acids is 1. The van der Waals surface area contributed by atoms with Gasteiger partial charge in [-0.3, -0.25) is 9.52 Å². The first-order valence-corrected chi connectivity index (χ1v) is 11.6. The first-order chi connectivity index (χ1) is 14.6. The largest absolute Gasteiger partial charge is 0.346 e. The summed E-state index contributed by atoms with van der Waals surface area (Å²) < 4.78 is 28.1. The number of hydrogen-bond donors (Lipinski definition) is 2. The van der Waals surface area contributed by atoms with Gasteiger partial charge in [0.15, 0.2) is 0 Å². The molecule has 5 nitrogen and oxygen atoms in total. The first-order valence-electron chi connectivity index (χ1n) is 10.1. The number of sulfonamides is 1. The molecule has 3 aromatic carbocycles. The molecule has 0 spiro atoms. The summed E-state index contributed by atoms with van der Waals surface area (Å²) in [5.74, 6) is -0.260. The van der Waals surface area contributed by atoms with Gasteiger partial charge < -0.3 is 5.32 Å². The van der Waals surface area contributed by atoms with Crippen LogP contribution >= 0.6 is 0 Å². The van der Waals surface area contributed by atoms with Crippen molar-refractivity contribution < 1.29 is 13.2 Å². The fraction of sp³-hybridized carbons (Fsp3) is 0.240. The highest BCUT2D eigenvalue weighted by molar-refractivity contribution is 7.92. The molecule has 1 atom stereocenters. The lowest BCUT2D eigenvalue weighted by Crippen LogP contribution is -2.27. The van der Waals surface area contributed by atoms with Gasteiger partial charge in [0.05, 0.1) is 16.6 Å². The van der Waals surface area contributed by atoms with E-state index in [0.29, 0.717) is 11.3 Å². The van der Waals surface area contributed by atoms with Crippen molar-refractivity contribution in [3.05, 3.63) is 94.0 Å². The monoisotopic (exact) mass is 436 g/mol. The maximum Gasteiger partial charge on any atom is 0.261 e. The number of hydrogen-bond acceptors (Lipinski definition) is 3. The van der Waals surface area contributed by atoms with E-state index in [-0.39, 0.29) is 16.8 Å². The predicted octanol–water partition coefficient (Wildman–Crippen LogP) is 5.21. The van der Waals surface area contributed by atoms with Gasteiger partial charge in [-0.05, 0) is 75.6 Å². The molecular weight excluding hydrogens is 408 g/mol. The third-order valence-corrected chi connectivity index (χ3v) is 6.71. The summed E-state index contributed by atoms with van der Waals surface area (Å²) in [6.45, 7) is 9.67. The van der Waals surface area contributed by atoms with Crippen molar-refractivity contribution in [1.29, 1.82) is 0 Å². The summed E-state index contributed by atoms with van der Waals surface area (Å²) in [6.07, 6.45) is 0. The second-order valence-corrected chi connectivity index (χ2v) is 9.69. The van der Waals surface area contributed by atoms with E-state index in [1.54, 1.807) is 49.4 Å². The zero-order chi connectivity index (χ0) is 22.8. The molecule has 1 unspecified atom stereocenters. The zero-order valence-corrected chi connectivity index (χ0v) is 19.3. The van der Waals surface area contributed by atoms with E-state index >= 15 is 0 Å². The zero-order valence-electron chi connectivity index (χ0n) is 18.5. The van der Waals surface area contributed by atoms with Crippen LogP contribution in [-0.4, -0.2) is 14.3 Å². The third kappa shape index (κ3) is 5.33. The molecule has 2 N–H and O–H groups in total. The van der Waals surface area contributed by atoms with E-state index in [4.69, 9.17) is 0 Å². The Labute approximate surface area is 184 Å². The lowest BCUT2D eigenvalue weighted by Gasteiger charge is -2.18. The molecule has 0 radical (unpaired) electrons. The molecule has 0 heterocycles. The van der Waals surface area contributed by atoms with Crippen LogP contribution in [-0.2, 0) is 10.0 Å². The van der Waals surface area contributed by atoms with E-state index in [9.17, 15) is 13.2 Å². The summed E-state index contributed by atoms with van der Waals surface area (Å²) in [4.78, 5) is 13.0. The van der Waals surface area contributed by atoms with Gasteiger partial charge in [-0.15, -0.1) is 0 Å². The highest BCUT2D eigenvalue weighted by atomic mass is 32.2. The van der Waals surface area contributed by atoms with Crippen molar-refractivity contribution in [3.63, 3.8) is 0 Å². The first kappa shape index (κ1) is 22.6. The molecule has 0 aromatic heterocycles. The van der Waals surface area contributed by atoms with E-state index in [1.807, 2.05) is 39.8 Å². The van der Waals surface area contributed by atoms with Crippen LogP contribution in [0.15, 0.2) is 65.6 Å². The summed E-state index contributed by atoms with van der Waals surface area (Å²) in [5, 5.41) is 3.01. The van der Waals surface area contributed by atoms with Crippen LogP contribution < -0.4 is 10.0 Å². The molecule has 0 fully saturated rings. The minimum absolute atomic E-state index is 0.177. The van der Waals surface area contributed by atoms with Crippen LogP contribution in [0.5, 0.6) is 0 Å². The fourth-order valence-electron chi connectivity index (χ4n) is 3.38. The van der Waals surface area contributed by atoms with Crippen molar-refractivity contribution in [2.24, 2.45) is 0 Å². The number of rotatable bonds is 6. The Morgan fingerprint density at radius 3 is 2.10 bits per heavy atom. The van der Waals surface area contributed by atoms with Crippen molar-refractivity contribution >= 4 is 21.6 Å². The number of carbonyl (C=O) groups is 1. The van der Waals surface area contributed by atoms with Gasteiger partial charge in [0.25, 0.3) is 15.9 Å². The number of anilines is 1. The summed E-state index contributed by atoms with van der Waals surface area (Å²) in [5.41, 5.74) is 5.78. The fourth-order valence-corrected chi connectivity index (χ4v) is 4.50. The Hall–Kier alpha value is -3.12. The molecule has 0 aliphatic carbocycles. The molecule has 0 aliphatic heterocycles. The average Bonchev–Trinajstić information content (AvgIpc) is 2.71. The van der Waals surface area contributed by atoms with E-state index in [0.717, 1.165) is 27.8 Å². The average molecular weight is 437 g/mol. The standard InChI is InChI=1S/C25H28N2O3S/c1-16-7-12-22(13-8-16)31(29,30)27-24-15-21(11-10-19(24)4)25(28)26-20(5)23-14-17(2)6-9-18(23)3/h6-15,20,27H,1-5H3,(H,26,28). The molecule has 1 amide bonds. The molecule has 0 bridgehead atoms. The van der Waals surface area contributed by atoms with Crippen molar-refractivity contribution in [3.8, 4) is 0 Å². The van der Waals surface area contributed by atoms with Crippen LogP contribution in [0.1, 0.15) is 51.1 Å². The maximum absolute atomic E-state index is 12.9. The van der Waals surface area contributed by atoms with Crippen molar-refractivity contribution in [2.45, 2.75) is 45.6 Å². The van der Waals surface area contributed by atoms with Crippen LogP contribution in [0.25, 0.3) is 0 Å². The molecule has 0 saturated heterocycles. The van der Waals surface area contributed by atoms with Gasteiger partial charge in [-0.1, -0.05) is 47.5 Å². The maximum atomic E-state index is 12.9. The second-order valence-electron chi connectivity index (χ2n) is 8.00. The molecule has 3 rings (SSSR count). The van der Waals surface area contributed by atoms with E-state index in [2.05, 4.69) is 16.1 Å². The van der Waals surface area contributed by atoms with Crippen LogP contribution in [0.4, 0.5) is 5.69 Å². The molecule has 0 saturated carbocycles. The normalized spacial score (nSPS) is 12.3. The van der Waals surface area contributed by atoms with E-state index < -0.39 is 10.0 Å². The Balaban J connectivity index is 1.82. The summed E-state index contributed by atoms with van der Waals surface area (Å²) in [7, 11) is -3.75. The Morgan fingerprint density at radius 2 is 1.42 bits per heavy atom. The Bertz CT molecular complexity index is 1220. The van der Waals surface area contributed by atoms with Crippen LogP contribution in [0.3, 0.4) is 0 Å². The third-order valence-electron chi connectivity index (χ3n) is 5.32. The molecule has 162 valence electrons. The molecule has 0 aliphatic rings. The van der Waals surface area contributed by atoms with Crippen LogP contribution in [0.2, 0.25) is 0 Å². The van der Waals surface area contributed by atoms with Gasteiger partial charge in [-0.25, -0.2) is 8.42 Å². The molecule has 3 aromatic rings. The Kier molecular flexibility index (Phi) is 6.51. The minimum Gasteiger partial charge on any atom is -0.346 e. The highest BCUT2D eigenvalue weighted by Crippen LogP contribution is 2.23. The molecule has 6 heteroatoms. The Morgan fingerprint density at radius 1 is 0.806 bits per heavy atom. The quantitative estimate of drug-likeness (QED) is 0.557. The van der Waals surface area contributed by atoms with Crippen molar-refractivity contribution in [2.75, 3.05) is 4.72 Å². The number of aryl methyl sites for hydroxylation is 4. The molecular formula is C25H28N2O3S.